The first-order chi connectivity index (χ1) is 6.37. The zero-order valence-corrected chi connectivity index (χ0v) is 9.37. The summed E-state index contributed by atoms with van der Waals surface area (Å²) >= 11 is 0. The van der Waals surface area contributed by atoms with E-state index in [-0.39, 0.29) is 18.1 Å². The van der Waals surface area contributed by atoms with Crippen LogP contribution in [0.2, 0.25) is 0 Å². The fourth-order valence-corrected chi connectivity index (χ4v) is 0.913. The minimum atomic E-state index is -0.830. The molecule has 0 radical (unpaired) electrons. The van der Waals surface area contributed by atoms with Crippen LogP contribution in [-0.2, 0) is 14.3 Å². The normalized spacial score (nSPS) is 14.0. The number of ether oxygens (including phenoxy) is 2. The van der Waals surface area contributed by atoms with Gasteiger partial charge in [0.15, 0.2) is 0 Å². The topological polar surface area (TPSA) is 55.8 Å². The van der Waals surface area contributed by atoms with Crippen LogP contribution in [-0.4, -0.2) is 36.5 Å². The van der Waals surface area contributed by atoms with E-state index in [9.17, 15) is 4.79 Å². The van der Waals surface area contributed by atoms with Gasteiger partial charge < -0.3 is 14.6 Å². The molecule has 0 unspecified atom stereocenters. The van der Waals surface area contributed by atoms with E-state index in [1.165, 1.54) is 0 Å². The lowest BCUT2D eigenvalue weighted by Crippen LogP contribution is -2.26. The minimum absolute atomic E-state index is 0.0490. The smallest absolute Gasteiger partial charge is 0.305 e. The van der Waals surface area contributed by atoms with E-state index < -0.39 is 5.97 Å². The molecular formula is C10H20O4. The van der Waals surface area contributed by atoms with Crippen molar-refractivity contribution in [1.29, 1.82) is 0 Å². The van der Waals surface area contributed by atoms with Crippen LogP contribution in [0.25, 0.3) is 0 Å². The molecule has 0 bridgehead atoms. The van der Waals surface area contributed by atoms with Crippen molar-refractivity contribution in [3.05, 3.63) is 0 Å². The third-order valence-electron chi connectivity index (χ3n) is 2.12. The molecule has 0 saturated heterocycles. The monoisotopic (exact) mass is 204 g/mol. The summed E-state index contributed by atoms with van der Waals surface area (Å²) in [6.45, 7) is 6.22. The van der Waals surface area contributed by atoms with Gasteiger partial charge in [0.1, 0.15) is 0 Å². The summed E-state index contributed by atoms with van der Waals surface area (Å²) in [6, 6.07) is 0. The number of hydrogen-bond acceptors (Lipinski definition) is 3. The number of aliphatic carboxylic acids is 1. The zero-order chi connectivity index (χ0) is 11.2. The lowest BCUT2D eigenvalue weighted by atomic mass is 10.1. The van der Waals surface area contributed by atoms with Gasteiger partial charge in [0.2, 0.25) is 0 Å². The van der Waals surface area contributed by atoms with E-state index in [0.717, 1.165) is 6.42 Å². The lowest BCUT2D eigenvalue weighted by Gasteiger charge is -2.23. The standard InChI is InChI=1S/C10H20O4/c1-8(7-9(11)12)14-6-5-10(2,3)13-4/h8H,5-7H2,1-4H3,(H,11,12)/t8-/m1/s1. The Bertz CT molecular complexity index is 177. The number of carbonyl (C=O) groups is 1. The number of methoxy groups -OCH3 is 1. The summed E-state index contributed by atoms with van der Waals surface area (Å²) < 4.78 is 10.5. The quantitative estimate of drug-likeness (QED) is 0.685. The molecule has 0 aromatic carbocycles. The van der Waals surface area contributed by atoms with Gasteiger partial charge in [-0.2, -0.15) is 0 Å². The Labute approximate surface area is 85.2 Å². The maximum Gasteiger partial charge on any atom is 0.305 e. The second kappa shape index (κ2) is 5.98. The molecule has 0 rings (SSSR count). The van der Waals surface area contributed by atoms with Crippen LogP contribution >= 0.6 is 0 Å². The second-order valence-electron chi connectivity index (χ2n) is 3.99. The maximum atomic E-state index is 10.3. The average molecular weight is 204 g/mol. The Balaban J connectivity index is 3.58. The third-order valence-corrected chi connectivity index (χ3v) is 2.12. The van der Waals surface area contributed by atoms with Crippen LogP contribution in [0.3, 0.4) is 0 Å². The highest BCUT2D eigenvalue weighted by Crippen LogP contribution is 2.13. The van der Waals surface area contributed by atoms with Crippen LogP contribution < -0.4 is 0 Å². The number of carboxylic acid groups (broad SMARTS) is 1. The van der Waals surface area contributed by atoms with Gasteiger partial charge in [-0.3, -0.25) is 4.79 Å². The number of hydrogen-bond donors (Lipinski definition) is 1. The molecule has 0 aliphatic carbocycles. The summed E-state index contributed by atoms with van der Waals surface area (Å²) in [7, 11) is 1.65. The van der Waals surface area contributed by atoms with Crippen molar-refractivity contribution in [3.63, 3.8) is 0 Å². The summed E-state index contributed by atoms with van der Waals surface area (Å²) in [6.07, 6.45) is 0.570. The molecule has 0 aromatic rings. The summed E-state index contributed by atoms with van der Waals surface area (Å²) in [5, 5.41) is 8.48. The van der Waals surface area contributed by atoms with Gasteiger partial charge in [0, 0.05) is 13.7 Å². The van der Waals surface area contributed by atoms with Gasteiger partial charge in [-0.1, -0.05) is 0 Å². The number of carboxylic acids is 1. The molecule has 0 aromatic heterocycles. The maximum absolute atomic E-state index is 10.3. The molecule has 0 spiro atoms. The van der Waals surface area contributed by atoms with Crippen molar-refractivity contribution in [1.82, 2.24) is 0 Å². The largest absolute Gasteiger partial charge is 0.481 e. The predicted octanol–water partition coefficient (Wildman–Crippen LogP) is 1.68. The van der Waals surface area contributed by atoms with Crippen molar-refractivity contribution in [2.24, 2.45) is 0 Å². The van der Waals surface area contributed by atoms with E-state index >= 15 is 0 Å². The van der Waals surface area contributed by atoms with E-state index in [2.05, 4.69) is 0 Å². The van der Waals surface area contributed by atoms with Gasteiger partial charge in [-0.15, -0.1) is 0 Å². The second-order valence-corrected chi connectivity index (χ2v) is 3.99. The van der Waals surface area contributed by atoms with E-state index in [1.54, 1.807) is 14.0 Å². The van der Waals surface area contributed by atoms with Crippen LogP contribution in [0.5, 0.6) is 0 Å². The zero-order valence-electron chi connectivity index (χ0n) is 9.37. The fourth-order valence-electron chi connectivity index (χ4n) is 0.913. The molecule has 1 atom stereocenters. The van der Waals surface area contributed by atoms with Crippen molar-refractivity contribution < 1.29 is 19.4 Å². The highest BCUT2D eigenvalue weighted by molar-refractivity contribution is 5.67. The molecule has 84 valence electrons. The van der Waals surface area contributed by atoms with Crippen LogP contribution in [0, 0.1) is 0 Å². The number of rotatable bonds is 7. The molecule has 0 fully saturated rings. The predicted molar refractivity (Wildman–Crippen MR) is 53.4 cm³/mol. The van der Waals surface area contributed by atoms with Crippen LogP contribution in [0.15, 0.2) is 0 Å². The van der Waals surface area contributed by atoms with Gasteiger partial charge in [0.25, 0.3) is 0 Å². The fraction of sp³-hybridized carbons (Fsp3) is 0.900. The SMILES string of the molecule is COC(C)(C)CCO[C@H](C)CC(=O)O. The van der Waals surface area contributed by atoms with E-state index in [4.69, 9.17) is 14.6 Å². The van der Waals surface area contributed by atoms with Crippen LogP contribution in [0.1, 0.15) is 33.6 Å². The van der Waals surface area contributed by atoms with Crippen molar-refractivity contribution in [3.8, 4) is 0 Å². The first kappa shape index (κ1) is 13.4. The van der Waals surface area contributed by atoms with Crippen molar-refractivity contribution >= 4 is 5.97 Å². The Hall–Kier alpha value is -0.610. The Morgan fingerprint density at radius 2 is 2.07 bits per heavy atom. The highest BCUT2D eigenvalue weighted by Gasteiger charge is 2.16. The van der Waals surface area contributed by atoms with Crippen molar-refractivity contribution in [2.75, 3.05) is 13.7 Å². The van der Waals surface area contributed by atoms with E-state index in [1.807, 2.05) is 13.8 Å². The summed E-state index contributed by atoms with van der Waals surface area (Å²) in [5.41, 5.74) is -0.205. The van der Waals surface area contributed by atoms with Gasteiger partial charge in [0.05, 0.1) is 18.1 Å². The third kappa shape index (κ3) is 6.86. The molecule has 0 aliphatic rings. The summed E-state index contributed by atoms with van der Waals surface area (Å²) in [5.74, 6) is -0.830. The first-order valence-electron chi connectivity index (χ1n) is 4.76. The van der Waals surface area contributed by atoms with Gasteiger partial charge >= 0.3 is 5.97 Å². The molecule has 4 heteroatoms. The van der Waals surface area contributed by atoms with E-state index in [0.29, 0.717) is 6.61 Å². The Kier molecular flexibility index (Phi) is 5.72. The lowest BCUT2D eigenvalue weighted by molar-refractivity contribution is -0.140. The molecule has 0 heterocycles. The molecule has 14 heavy (non-hydrogen) atoms. The molecule has 0 aliphatic heterocycles. The molecule has 1 N–H and O–H groups in total. The van der Waals surface area contributed by atoms with Crippen molar-refractivity contribution in [2.45, 2.75) is 45.3 Å². The Morgan fingerprint density at radius 1 is 1.50 bits per heavy atom. The summed E-state index contributed by atoms with van der Waals surface area (Å²) in [4.78, 5) is 10.3. The average Bonchev–Trinajstić information content (AvgIpc) is 2.02. The first-order valence-corrected chi connectivity index (χ1v) is 4.76. The minimum Gasteiger partial charge on any atom is -0.481 e. The van der Waals surface area contributed by atoms with Crippen LogP contribution in [0.4, 0.5) is 0 Å². The highest BCUT2D eigenvalue weighted by atomic mass is 16.5. The molecule has 0 amide bonds. The molecular weight excluding hydrogens is 184 g/mol. The molecule has 4 nitrogen and oxygen atoms in total. The van der Waals surface area contributed by atoms with Gasteiger partial charge in [-0.05, 0) is 27.2 Å². The van der Waals surface area contributed by atoms with Gasteiger partial charge in [-0.25, -0.2) is 0 Å². The molecule has 0 saturated carbocycles. The Morgan fingerprint density at radius 3 is 2.50 bits per heavy atom.